The largest absolute Gasteiger partial charge is 0.383 e. The fourth-order valence-corrected chi connectivity index (χ4v) is 2.37. The van der Waals surface area contributed by atoms with Crippen LogP contribution in [0, 0.1) is 0 Å². The molecule has 1 aromatic heterocycles. The van der Waals surface area contributed by atoms with Crippen LogP contribution in [0.4, 0.5) is 0 Å². The van der Waals surface area contributed by atoms with E-state index in [4.69, 9.17) is 4.74 Å². The molecule has 6 nitrogen and oxygen atoms in total. The molecule has 110 valence electrons. The highest BCUT2D eigenvalue weighted by molar-refractivity contribution is 5.93. The van der Waals surface area contributed by atoms with Crippen LogP contribution in [-0.4, -0.2) is 67.1 Å². The van der Waals surface area contributed by atoms with Crippen molar-refractivity contribution in [2.45, 2.75) is 6.42 Å². The summed E-state index contributed by atoms with van der Waals surface area (Å²) >= 11 is 0. The average Bonchev–Trinajstić information content (AvgIpc) is 2.70. The molecule has 0 radical (unpaired) electrons. The van der Waals surface area contributed by atoms with Crippen molar-refractivity contribution in [2.24, 2.45) is 0 Å². The summed E-state index contributed by atoms with van der Waals surface area (Å²) in [5.41, 5.74) is -0.00734. The highest BCUT2D eigenvalue weighted by atomic mass is 16.5. The molecule has 1 aliphatic heterocycles. The minimum atomic E-state index is -0.228. The number of hydrogen-bond donors (Lipinski definition) is 1. The summed E-state index contributed by atoms with van der Waals surface area (Å²) < 4.78 is 5.08. The fourth-order valence-electron chi connectivity index (χ4n) is 2.37. The predicted molar refractivity (Wildman–Crippen MR) is 75.9 cm³/mol. The number of methoxy groups -OCH3 is 1. The first-order chi connectivity index (χ1) is 9.72. The number of carbonyl (C=O) groups excluding carboxylic acids is 1. The van der Waals surface area contributed by atoms with Crippen molar-refractivity contribution in [3.8, 4) is 0 Å². The Bertz CT molecular complexity index is 500. The van der Waals surface area contributed by atoms with Crippen LogP contribution < -0.4 is 5.43 Å². The van der Waals surface area contributed by atoms with Crippen LogP contribution in [0.2, 0.25) is 0 Å². The molecule has 0 atom stereocenters. The van der Waals surface area contributed by atoms with Gasteiger partial charge in [0, 0.05) is 51.7 Å². The summed E-state index contributed by atoms with van der Waals surface area (Å²) in [7, 11) is 1.69. The number of amides is 1. The number of carbonyl (C=O) groups is 1. The van der Waals surface area contributed by atoms with Crippen LogP contribution in [0.15, 0.2) is 23.3 Å². The average molecular weight is 279 g/mol. The molecular weight excluding hydrogens is 258 g/mol. The quantitative estimate of drug-likeness (QED) is 0.853. The molecule has 0 saturated carbocycles. The van der Waals surface area contributed by atoms with E-state index in [1.165, 1.54) is 18.5 Å². The number of ether oxygens (including phenoxy) is 1. The maximum absolute atomic E-state index is 12.4. The van der Waals surface area contributed by atoms with Crippen molar-refractivity contribution >= 4 is 5.91 Å². The van der Waals surface area contributed by atoms with E-state index in [1.807, 2.05) is 0 Å². The van der Waals surface area contributed by atoms with Gasteiger partial charge in [-0.15, -0.1) is 0 Å². The number of hydrogen-bond acceptors (Lipinski definition) is 4. The van der Waals surface area contributed by atoms with Crippen molar-refractivity contribution in [2.75, 3.05) is 46.4 Å². The second kappa shape index (κ2) is 7.21. The Labute approximate surface area is 118 Å². The molecule has 0 aliphatic carbocycles. The maximum atomic E-state index is 12.4. The Morgan fingerprint density at radius 2 is 2.20 bits per heavy atom. The Hall–Kier alpha value is -1.66. The van der Waals surface area contributed by atoms with Gasteiger partial charge in [0.2, 0.25) is 0 Å². The third-order valence-corrected chi connectivity index (χ3v) is 3.54. The molecule has 0 unspecified atom stereocenters. The lowest BCUT2D eigenvalue weighted by molar-refractivity contribution is 0.0757. The number of pyridine rings is 1. The van der Waals surface area contributed by atoms with Gasteiger partial charge >= 0.3 is 0 Å². The Morgan fingerprint density at radius 1 is 1.35 bits per heavy atom. The monoisotopic (exact) mass is 279 g/mol. The molecule has 2 heterocycles. The number of aromatic amines is 1. The second-order valence-corrected chi connectivity index (χ2v) is 4.90. The maximum Gasteiger partial charge on any atom is 0.259 e. The Balaban J connectivity index is 1.98. The van der Waals surface area contributed by atoms with Crippen LogP contribution in [0.25, 0.3) is 0 Å². The highest BCUT2D eigenvalue weighted by Crippen LogP contribution is 2.06. The van der Waals surface area contributed by atoms with Crippen LogP contribution in [0.3, 0.4) is 0 Å². The first-order valence-corrected chi connectivity index (χ1v) is 6.90. The van der Waals surface area contributed by atoms with E-state index in [2.05, 4.69) is 9.88 Å². The van der Waals surface area contributed by atoms with Crippen LogP contribution in [-0.2, 0) is 4.74 Å². The lowest BCUT2D eigenvalue weighted by atomic mass is 10.2. The van der Waals surface area contributed by atoms with E-state index in [1.54, 1.807) is 12.0 Å². The molecule has 2 rings (SSSR count). The lowest BCUT2D eigenvalue weighted by Crippen LogP contribution is -2.37. The van der Waals surface area contributed by atoms with E-state index in [0.717, 1.165) is 26.1 Å². The van der Waals surface area contributed by atoms with Crippen molar-refractivity contribution in [1.82, 2.24) is 14.8 Å². The normalized spacial score (nSPS) is 16.9. The smallest absolute Gasteiger partial charge is 0.259 e. The molecule has 20 heavy (non-hydrogen) atoms. The SMILES string of the molecule is COCCN1CCCN(C(=O)c2c[nH]ccc2=O)CC1. The molecule has 0 aromatic carbocycles. The summed E-state index contributed by atoms with van der Waals surface area (Å²) in [5, 5.41) is 0. The van der Waals surface area contributed by atoms with Gasteiger partial charge in [-0.1, -0.05) is 0 Å². The van der Waals surface area contributed by atoms with Crippen molar-refractivity contribution < 1.29 is 9.53 Å². The summed E-state index contributed by atoms with van der Waals surface area (Å²) in [6, 6.07) is 1.38. The molecule has 1 aliphatic rings. The second-order valence-electron chi connectivity index (χ2n) is 4.90. The van der Waals surface area contributed by atoms with Gasteiger partial charge in [-0.2, -0.15) is 0 Å². The molecule has 1 fully saturated rings. The molecular formula is C14H21N3O3. The Kier molecular flexibility index (Phi) is 5.31. The number of nitrogens with zero attached hydrogens (tertiary/aromatic N) is 2. The van der Waals surface area contributed by atoms with Crippen molar-refractivity contribution in [3.63, 3.8) is 0 Å². The minimum absolute atomic E-state index is 0.180. The zero-order chi connectivity index (χ0) is 14.4. The van der Waals surface area contributed by atoms with Crippen LogP contribution in [0.5, 0.6) is 0 Å². The summed E-state index contributed by atoms with van der Waals surface area (Å²) in [4.78, 5) is 30.9. The minimum Gasteiger partial charge on any atom is -0.383 e. The lowest BCUT2D eigenvalue weighted by Gasteiger charge is -2.21. The van der Waals surface area contributed by atoms with Gasteiger partial charge < -0.3 is 14.6 Å². The summed E-state index contributed by atoms with van der Waals surface area (Å²) in [6.07, 6.45) is 3.94. The van der Waals surface area contributed by atoms with Gasteiger partial charge in [-0.05, 0) is 13.0 Å². The summed E-state index contributed by atoms with van der Waals surface area (Å²) in [6.45, 7) is 4.70. The van der Waals surface area contributed by atoms with Crippen LogP contribution >= 0.6 is 0 Å². The van der Waals surface area contributed by atoms with Crippen molar-refractivity contribution in [1.29, 1.82) is 0 Å². The van der Waals surface area contributed by atoms with Gasteiger partial charge in [-0.3, -0.25) is 14.5 Å². The predicted octanol–water partition coefficient (Wildman–Crippen LogP) is 0.169. The number of rotatable bonds is 4. The molecule has 0 bridgehead atoms. The van der Waals surface area contributed by atoms with E-state index in [-0.39, 0.29) is 16.9 Å². The van der Waals surface area contributed by atoms with Crippen molar-refractivity contribution in [3.05, 3.63) is 34.2 Å². The first kappa shape index (κ1) is 14.7. The van der Waals surface area contributed by atoms with E-state index >= 15 is 0 Å². The van der Waals surface area contributed by atoms with Gasteiger partial charge in [-0.25, -0.2) is 0 Å². The number of nitrogens with one attached hydrogen (secondary N) is 1. The highest BCUT2D eigenvalue weighted by Gasteiger charge is 2.21. The third-order valence-electron chi connectivity index (χ3n) is 3.54. The van der Waals surface area contributed by atoms with Gasteiger partial charge in [0.1, 0.15) is 5.56 Å². The molecule has 1 N–H and O–H groups in total. The number of H-pyrrole nitrogens is 1. The van der Waals surface area contributed by atoms with E-state index in [9.17, 15) is 9.59 Å². The third kappa shape index (κ3) is 3.68. The molecule has 1 amide bonds. The molecule has 1 aromatic rings. The van der Waals surface area contributed by atoms with Gasteiger partial charge in [0.15, 0.2) is 5.43 Å². The standard InChI is InChI=1S/C14H21N3O3/c1-20-10-9-16-5-2-6-17(8-7-16)14(19)12-11-15-4-3-13(12)18/h3-4,11H,2,5-10H2,1H3,(H,15,18). The van der Waals surface area contributed by atoms with E-state index < -0.39 is 0 Å². The van der Waals surface area contributed by atoms with Gasteiger partial charge in [0.05, 0.1) is 6.61 Å². The van der Waals surface area contributed by atoms with Crippen LogP contribution in [0.1, 0.15) is 16.8 Å². The number of aromatic nitrogens is 1. The zero-order valence-corrected chi connectivity index (χ0v) is 11.8. The Morgan fingerprint density at radius 3 is 2.95 bits per heavy atom. The summed E-state index contributed by atoms with van der Waals surface area (Å²) in [5.74, 6) is -0.180. The topological polar surface area (TPSA) is 65.6 Å². The fraction of sp³-hybridized carbons (Fsp3) is 0.571. The van der Waals surface area contributed by atoms with Gasteiger partial charge in [0.25, 0.3) is 5.91 Å². The molecule has 0 spiro atoms. The first-order valence-electron chi connectivity index (χ1n) is 6.90. The van der Waals surface area contributed by atoms with E-state index in [0.29, 0.717) is 19.7 Å². The zero-order valence-electron chi connectivity index (χ0n) is 11.8. The molecule has 6 heteroatoms. The molecule has 1 saturated heterocycles.